The highest BCUT2D eigenvalue weighted by molar-refractivity contribution is 7.85. The summed E-state index contributed by atoms with van der Waals surface area (Å²) in [6.45, 7) is 6.92. The topological polar surface area (TPSA) is 75.7 Å². The molecule has 1 atom stereocenters. The maximum absolute atomic E-state index is 10.7. The van der Waals surface area contributed by atoms with Gasteiger partial charge in [-0.15, -0.1) is 0 Å². The summed E-state index contributed by atoms with van der Waals surface area (Å²) in [5.74, 6) is -0.257. The largest absolute Gasteiger partial charge is 0.748 e. The van der Waals surface area contributed by atoms with Gasteiger partial charge in [0, 0.05) is 12.9 Å². The molecule has 6 nitrogen and oxygen atoms in total. The highest BCUT2D eigenvalue weighted by Gasteiger charge is 2.20. The lowest BCUT2D eigenvalue weighted by molar-refractivity contribution is -0.910. The molecule has 0 aromatic rings. The van der Waals surface area contributed by atoms with Gasteiger partial charge in [0.15, 0.2) is 0 Å². The van der Waals surface area contributed by atoms with E-state index in [1.807, 2.05) is 0 Å². The van der Waals surface area contributed by atoms with E-state index in [1.165, 1.54) is 25.7 Å². The Morgan fingerprint density at radius 2 is 1.57 bits per heavy atom. The Balaban J connectivity index is 4.18. The normalized spacial score (nSPS) is 14.8. The average molecular weight is 354 g/mol. The first kappa shape index (κ1) is 22.8. The van der Waals surface area contributed by atoms with Crippen LogP contribution in [0.3, 0.4) is 0 Å². The Morgan fingerprint density at radius 3 is 2.13 bits per heavy atom. The molecule has 0 radical (unpaired) electrons. The Labute approximate surface area is 142 Å². The fourth-order valence-corrected chi connectivity index (χ4v) is 3.12. The molecule has 0 spiro atoms. The van der Waals surface area contributed by atoms with Crippen molar-refractivity contribution in [1.82, 2.24) is 0 Å². The maximum Gasteiger partial charge on any atom is 0.102 e. The Bertz CT molecular complexity index is 375. The minimum Gasteiger partial charge on any atom is -0.748 e. The molecule has 0 saturated carbocycles. The van der Waals surface area contributed by atoms with Crippen LogP contribution in [0.25, 0.3) is 0 Å². The van der Waals surface area contributed by atoms with E-state index >= 15 is 0 Å². The molecule has 0 aromatic heterocycles. The first-order valence-corrected chi connectivity index (χ1v) is 10.2. The van der Waals surface area contributed by atoms with Crippen molar-refractivity contribution in [1.29, 1.82) is 0 Å². The van der Waals surface area contributed by atoms with E-state index in [0.29, 0.717) is 26.2 Å². The lowest BCUT2D eigenvalue weighted by atomic mass is 10.1. The zero-order chi connectivity index (χ0) is 17.6. The molecular formula is C16H35NO5S. The first-order valence-electron chi connectivity index (χ1n) is 8.67. The third-order valence-electron chi connectivity index (χ3n) is 4.10. The summed E-state index contributed by atoms with van der Waals surface area (Å²) < 4.78 is 43.4. The van der Waals surface area contributed by atoms with Crippen LogP contribution in [0.1, 0.15) is 45.4 Å². The molecule has 0 N–H and O–H groups in total. The number of likely N-dealkylation sites (N-methyl/N-ethyl adjacent to an activating group) is 1. The molecule has 0 rings (SSSR count). The second-order valence-corrected chi connectivity index (χ2v) is 7.95. The standard InChI is InChI=1S/C16H35NO5S/c1-4-5-6-7-10-17(2,12-13-22-15-14-21-3)11-8-9-16-23(18,19)20/h4-16H2,1-3H3. The summed E-state index contributed by atoms with van der Waals surface area (Å²) in [4.78, 5) is 0. The molecule has 0 aliphatic carbocycles. The zero-order valence-electron chi connectivity index (χ0n) is 15.1. The number of ether oxygens (including phenoxy) is 2. The van der Waals surface area contributed by atoms with Crippen LogP contribution in [0.15, 0.2) is 0 Å². The van der Waals surface area contributed by atoms with E-state index in [0.717, 1.165) is 30.5 Å². The van der Waals surface area contributed by atoms with Gasteiger partial charge in [-0.3, -0.25) is 0 Å². The minimum absolute atomic E-state index is 0.257. The fourth-order valence-electron chi connectivity index (χ4n) is 2.56. The van der Waals surface area contributed by atoms with Crippen molar-refractivity contribution in [2.24, 2.45) is 0 Å². The van der Waals surface area contributed by atoms with Gasteiger partial charge in [-0.05, 0) is 25.7 Å². The summed E-state index contributed by atoms with van der Waals surface area (Å²) in [7, 11) is -0.243. The van der Waals surface area contributed by atoms with Crippen molar-refractivity contribution in [2.75, 3.05) is 59.4 Å². The molecule has 0 amide bonds. The molecule has 0 aliphatic rings. The summed E-state index contributed by atoms with van der Waals surface area (Å²) in [5.41, 5.74) is 0. The molecule has 0 bridgehead atoms. The van der Waals surface area contributed by atoms with Gasteiger partial charge in [0.05, 0.1) is 50.1 Å². The van der Waals surface area contributed by atoms with Gasteiger partial charge in [-0.25, -0.2) is 8.42 Å². The fraction of sp³-hybridized carbons (Fsp3) is 1.00. The minimum atomic E-state index is -4.09. The summed E-state index contributed by atoms with van der Waals surface area (Å²) >= 11 is 0. The Hall–Kier alpha value is -0.210. The van der Waals surface area contributed by atoms with Gasteiger partial charge in [-0.2, -0.15) is 0 Å². The van der Waals surface area contributed by atoms with Crippen LogP contribution in [0, 0.1) is 0 Å². The van der Waals surface area contributed by atoms with Crippen LogP contribution in [0.5, 0.6) is 0 Å². The monoisotopic (exact) mass is 353 g/mol. The molecule has 23 heavy (non-hydrogen) atoms. The first-order chi connectivity index (χ1) is 10.8. The number of nitrogens with zero attached hydrogens (tertiary/aromatic N) is 1. The third-order valence-corrected chi connectivity index (χ3v) is 4.89. The predicted octanol–water partition coefficient (Wildman–Crippen LogP) is 2.00. The average Bonchev–Trinajstić information content (AvgIpc) is 2.47. The highest BCUT2D eigenvalue weighted by Crippen LogP contribution is 2.11. The van der Waals surface area contributed by atoms with Crippen molar-refractivity contribution >= 4 is 10.1 Å². The van der Waals surface area contributed by atoms with E-state index in [2.05, 4.69) is 14.0 Å². The van der Waals surface area contributed by atoms with Crippen LogP contribution in [0.4, 0.5) is 0 Å². The van der Waals surface area contributed by atoms with Crippen LogP contribution in [0.2, 0.25) is 0 Å². The molecule has 0 aliphatic heterocycles. The van der Waals surface area contributed by atoms with Crippen LogP contribution < -0.4 is 0 Å². The van der Waals surface area contributed by atoms with Gasteiger partial charge < -0.3 is 18.5 Å². The summed E-state index contributed by atoms with van der Waals surface area (Å²) in [6, 6.07) is 0. The van der Waals surface area contributed by atoms with E-state index in [4.69, 9.17) is 9.47 Å². The highest BCUT2D eigenvalue weighted by atomic mass is 32.2. The van der Waals surface area contributed by atoms with Gasteiger partial charge in [-0.1, -0.05) is 19.8 Å². The molecule has 0 fully saturated rings. The number of quaternary nitrogens is 1. The van der Waals surface area contributed by atoms with Crippen LogP contribution in [-0.2, 0) is 19.6 Å². The van der Waals surface area contributed by atoms with Crippen molar-refractivity contribution in [3.8, 4) is 0 Å². The molecule has 7 heteroatoms. The molecule has 0 saturated heterocycles. The lowest BCUT2D eigenvalue weighted by Gasteiger charge is -2.35. The van der Waals surface area contributed by atoms with Gasteiger partial charge in [0.2, 0.25) is 0 Å². The van der Waals surface area contributed by atoms with Crippen LogP contribution >= 0.6 is 0 Å². The van der Waals surface area contributed by atoms with Crippen molar-refractivity contribution < 1.29 is 26.9 Å². The van der Waals surface area contributed by atoms with Gasteiger partial charge in [0.1, 0.15) is 6.54 Å². The predicted molar refractivity (Wildman–Crippen MR) is 91.4 cm³/mol. The SMILES string of the molecule is CCCCCC[N+](C)(CCCCS(=O)(=O)[O-])CCOCCOC. The van der Waals surface area contributed by atoms with E-state index in [1.54, 1.807) is 7.11 Å². The Morgan fingerprint density at radius 1 is 0.913 bits per heavy atom. The number of rotatable bonds is 16. The van der Waals surface area contributed by atoms with Crippen LogP contribution in [-0.4, -0.2) is 76.8 Å². The van der Waals surface area contributed by atoms with E-state index < -0.39 is 10.1 Å². The smallest absolute Gasteiger partial charge is 0.102 e. The summed E-state index contributed by atoms with van der Waals surface area (Å²) in [5, 5.41) is 0. The third kappa shape index (κ3) is 15.1. The second-order valence-electron chi connectivity index (χ2n) is 6.43. The number of hydrogen-bond acceptors (Lipinski definition) is 5. The number of hydrogen-bond donors (Lipinski definition) is 0. The zero-order valence-corrected chi connectivity index (χ0v) is 15.9. The maximum atomic E-state index is 10.7. The Kier molecular flexibility index (Phi) is 13.0. The molecule has 1 unspecified atom stereocenters. The quantitative estimate of drug-likeness (QED) is 0.241. The summed E-state index contributed by atoms with van der Waals surface area (Å²) in [6.07, 6.45) is 6.05. The number of methoxy groups -OCH3 is 1. The second kappa shape index (κ2) is 13.1. The van der Waals surface area contributed by atoms with E-state index in [-0.39, 0.29) is 5.75 Å². The van der Waals surface area contributed by atoms with Crippen molar-refractivity contribution in [2.45, 2.75) is 45.4 Å². The van der Waals surface area contributed by atoms with Gasteiger partial charge in [0.25, 0.3) is 0 Å². The molecule has 0 aromatic carbocycles. The lowest BCUT2D eigenvalue weighted by Crippen LogP contribution is -2.48. The molecular weight excluding hydrogens is 318 g/mol. The number of unbranched alkanes of at least 4 members (excludes halogenated alkanes) is 4. The van der Waals surface area contributed by atoms with E-state index in [9.17, 15) is 13.0 Å². The molecule has 0 heterocycles. The van der Waals surface area contributed by atoms with Crippen molar-refractivity contribution in [3.63, 3.8) is 0 Å². The van der Waals surface area contributed by atoms with Crippen molar-refractivity contribution in [3.05, 3.63) is 0 Å². The molecule has 140 valence electrons. The van der Waals surface area contributed by atoms with Gasteiger partial charge >= 0.3 is 0 Å².